The quantitative estimate of drug-likeness (QED) is 0.191. The minimum Gasteiger partial charge on any atom is -0.447 e. The number of ketones is 1. The second-order valence-corrected chi connectivity index (χ2v) is 16.9. The molecule has 2 atom stereocenters. The summed E-state index contributed by atoms with van der Waals surface area (Å²) < 4.78 is 11.2. The van der Waals surface area contributed by atoms with Crippen LogP contribution in [0.25, 0.3) is 0 Å². The van der Waals surface area contributed by atoms with Gasteiger partial charge in [0.15, 0.2) is 5.78 Å². The van der Waals surface area contributed by atoms with Gasteiger partial charge in [-0.25, -0.2) is 4.79 Å². The molecule has 1 N–H and O–H groups in total. The van der Waals surface area contributed by atoms with Crippen molar-refractivity contribution >= 4 is 23.5 Å². The number of likely N-dealkylation sites (tertiary alicyclic amines) is 1. The van der Waals surface area contributed by atoms with Crippen molar-refractivity contribution in [1.82, 2.24) is 4.90 Å². The average molecular weight is 665 g/mol. The molecule has 1 fully saturated rings. The van der Waals surface area contributed by atoms with Gasteiger partial charge in [-0.15, -0.1) is 0 Å². The molecule has 1 heterocycles. The van der Waals surface area contributed by atoms with Gasteiger partial charge in [-0.05, 0) is 72.1 Å². The van der Waals surface area contributed by atoms with Crippen LogP contribution in [0.3, 0.4) is 0 Å². The van der Waals surface area contributed by atoms with Crippen molar-refractivity contribution in [3.63, 3.8) is 0 Å². The van der Waals surface area contributed by atoms with E-state index in [9.17, 15) is 14.4 Å². The Bertz CT molecular complexity index is 1270. The normalized spacial score (nSPS) is 15.6. The van der Waals surface area contributed by atoms with E-state index < -0.39 is 6.09 Å². The predicted molar refractivity (Wildman–Crippen MR) is 197 cm³/mol. The van der Waals surface area contributed by atoms with Crippen molar-refractivity contribution < 1.29 is 23.9 Å². The van der Waals surface area contributed by atoms with E-state index in [0.717, 1.165) is 32.2 Å². The van der Waals surface area contributed by atoms with Crippen LogP contribution < -0.4 is 5.32 Å². The SMILES string of the molecule is CC(C)(C)CC(N1CCCCCC1=O)C(C)(C)C.CC(C)CC(OCCOC(=O)Nc1ccc(C(=O)c2ccccc2)cc1)C(C)(C)C. The van der Waals surface area contributed by atoms with Crippen LogP contribution in [0.1, 0.15) is 131 Å². The molecule has 2 amide bonds. The van der Waals surface area contributed by atoms with Gasteiger partial charge in [-0.3, -0.25) is 14.9 Å². The highest BCUT2D eigenvalue weighted by Crippen LogP contribution is 2.35. The lowest BCUT2D eigenvalue weighted by Crippen LogP contribution is -2.48. The lowest BCUT2D eigenvalue weighted by molar-refractivity contribution is -0.136. The van der Waals surface area contributed by atoms with E-state index in [1.54, 1.807) is 36.4 Å². The highest BCUT2D eigenvalue weighted by atomic mass is 16.6. The lowest BCUT2D eigenvalue weighted by atomic mass is 9.76. The third-order valence-electron chi connectivity index (χ3n) is 8.51. The van der Waals surface area contributed by atoms with Gasteiger partial charge in [0.2, 0.25) is 5.91 Å². The van der Waals surface area contributed by atoms with Crippen molar-refractivity contribution in [2.75, 3.05) is 25.1 Å². The fourth-order valence-corrected chi connectivity index (χ4v) is 5.84. The Morgan fingerprint density at radius 2 is 1.40 bits per heavy atom. The van der Waals surface area contributed by atoms with Crippen LogP contribution in [-0.2, 0) is 14.3 Å². The number of nitrogens with one attached hydrogen (secondary N) is 1. The third kappa shape index (κ3) is 14.9. The zero-order chi connectivity index (χ0) is 36.1. The molecule has 2 aromatic rings. The molecule has 1 aliphatic heterocycles. The third-order valence-corrected chi connectivity index (χ3v) is 8.51. The molecule has 0 bridgehead atoms. The second kappa shape index (κ2) is 18.5. The minimum atomic E-state index is -0.545. The van der Waals surface area contributed by atoms with E-state index in [1.807, 2.05) is 18.2 Å². The van der Waals surface area contributed by atoms with E-state index in [-0.39, 0.29) is 34.7 Å². The van der Waals surface area contributed by atoms with Gasteiger partial charge in [0.05, 0.1) is 12.7 Å². The standard InChI is InChI=1S/C25H33NO4.C16H31NO/c1-18(2)17-22(25(3,4)5)29-15-16-30-24(28)26-21-13-11-20(12-14-21)23(27)19-9-7-6-8-10-19;1-15(2,3)12-13(16(4,5)6)17-11-9-7-8-10-14(17)18/h6-14,18,22H,15-17H2,1-5H3,(H,26,28);13H,7-12H2,1-6H3. The second-order valence-electron chi connectivity index (χ2n) is 16.9. The topological polar surface area (TPSA) is 84.9 Å². The molecular formula is C41H64N2O5. The molecule has 2 aromatic carbocycles. The number of ether oxygens (including phenoxy) is 2. The van der Waals surface area contributed by atoms with Gasteiger partial charge in [0.1, 0.15) is 6.61 Å². The van der Waals surface area contributed by atoms with Crippen molar-refractivity contribution in [1.29, 1.82) is 0 Å². The maximum absolute atomic E-state index is 12.4. The van der Waals surface area contributed by atoms with Gasteiger partial charge in [0, 0.05) is 35.8 Å². The fourth-order valence-electron chi connectivity index (χ4n) is 5.84. The number of carbonyl (C=O) groups is 3. The molecule has 0 aromatic heterocycles. The Morgan fingerprint density at radius 3 is 1.94 bits per heavy atom. The maximum Gasteiger partial charge on any atom is 0.411 e. The van der Waals surface area contributed by atoms with E-state index >= 15 is 0 Å². The van der Waals surface area contributed by atoms with Crippen LogP contribution in [0, 0.1) is 22.2 Å². The molecule has 2 unspecified atom stereocenters. The van der Waals surface area contributed by atoms with E-state index in [4.69, 9.17) is 9.47 Å². The van der Waals surface area contributed by atoms with E-state index in [0.29, 0.717) is 41.3 Å². The molecule has 0 saturated carbocycles. The summed E-state index contributed by atoms with van der Waals surface area (Å²) in [7, 11) is 0. The average Bonchev–Trinajstić information content (AvgIpc) is 3.20. The minimum absolute atomic E-state index is 0.0332. The van der Waals surface area contributed by atoms with E-state index in [1.165, 1.54) is 12.8 Å². The van der Waals surface area contributed by atoms with Gasteiger partial charge in [-0.2, -0.15) is 0 Å². The smallest absolute Gasteiger partial charge is 0.411 e. The largest absolute Gasteiger partial charge is 0.447 e. The highest BCUT2D eigenvalue weighted by Gasteiger charge is 2.36. The number of nitrogens with zero attached hydrogens (tertiary/aromatic N) is 1. The molecule has 0 radical (unpaired) electrons. The monoisotopic (exact) mass is 664 g/mol. The van der Waals surface area contributed by atoms with Crippen molar-refractivity contribution in [2.24, 2.45) is 22.2 Å². The highest BCUT2D eigenvalue weighted by molar-refractivity contribution is 6.09. The van der Waals surface area contributed by atoms with Crippen LogP contribution in [-0.4, -0.2) is 54.6 Å². The Balaban J connectivity index is 0.000000379. The Labute approximate surface area is 291 Å². The van der Waals surface area contributed by atoms with Gasteiger partial charge in [0.25, 0.3) is 0 Å². The summed E-state index contributed by atoms with van der Waals surface area (Å²) in [6.07, 6.45) is 5.80. The summed E-state index contributed by atoms with van der Waals surface area (Å²) in [5.74, 6) is 0.850. The molecule has 1 aliphatic rings. The molecular weight excluding hydrogens is 600 g/mol. The molecule has 0 spiro atoms. The van der Waals surface area contributed by atoms with Crippen molar-refractivity contribution in [3.05, 3.63) is 65.7 Å². The van der Waals surface area contributed by atoms with Crippen molar-refractivity contribution in [3.8, 4) is 0 Å². The number of rotatable bonds is 11. The van der Waals surface area contributed by atoms with Crippen molar-refractivity contribution in [2.45, 2.75) is 127 Å². The van der Waals surface area contributed by atoms with Crippen LogP contribution >= 0.6 is 0 Å². The number of hydrogen-bond donors (Lipinski definition) is 1. The molecule has 1 saturated heterocycles. The Hall–Kier alpha value is -3.19. The predicted octanol–water partition coefficient (Wildman–Crippen LogP) is 10.2. The Morgan fingerprint density at radius 1 is 0.792 bits per heavy atom. The first-order valence-corrected chi connectivity index (χ1v) is 17.8. The number of amides is 2. The summed E-state index contributed by atoms with van der Waals surface area (Å²) in [6, 6.07) is 16.2. The number of hydrogen-bond acceptors (Lipinski definition) is 5. The fraction of sp³-hybridized carbons (Fsp3) is 0.634. The number of anilines is 1. The summed E-state index contributed by atoms with van der Waals surface area (Å²) >= 11 is 0. The summed E-state index contributed by atoms with van der Waals surface area (Å²) in [5, 5.41) is 2.67. The van der Waals surface area contributed by atoms with Gasteiger partial charge in [-0.1, -0.05) is 113 Å². The molecule has 3 rings (SSSR count). The van der Waals surface area contributed by atoms with Crippen LogP contribution in [0.5, 0.6) is 0 Å². The van der Waals surface area contributed by atoms with E-state index in [2.05, 4.69) is 86.4 Å². The van der Waals surface area contributed by atoms with Crippen LogP contribution in [0.2, 0.25) is 0 Å². The molecule has 268 valence electrons. The zero-order valence-electron chi connectivity index (χ0n) is 31.8. The van der Waals surface area contributed by atoms with Crippen LogP contribution in [0.15, 0.2) is 54.6 Å². The molecule has 0 aliphatic carbocycles. The van der Waals surface area contributed by atoms with Gasteiger partial charge < -0.3 is 14.4 Å². The summed E-state index contributed by atoms with van der Waals surface area (Å²) in [5.41, 5.74) is 2.22. The van der Waals surface area contributed by atoms with Gasteiger partial charge >= 0.3 is 6.09 Å². The molecule has 48 heavy (non-hydrogen) atoms. The summed E-state index contributed by atoms with van der Waals surface area (Å²) in [6.45, 7) is 25.9. The first-order chi connectivity index (χ1) is 22.3. The molecule has 7 heteroatoms. The first kappa shape index (κ1) is 41.0. The van der Waals surface area contributed by atoms with Crippen LogP contribution in [0.4, 0.5) is 10.5 Å². The Kier molecular flexibility index (Phi) is 15.8. The summed E-state index contributed by atoms with van der Waals surface area (Å²) in [4.78, 5) is 38.9. The maximum atomic E-state index is 12.4. The lowest BCUT2D eigenvalue weighted by Gasteiger charge is -2.43. The number of benzene rings is 2. The number of carbonyl (C=O) groups excluding carboxylic acids is 3. The first-order valence-electron chi connectivity index (χ1n) is 17.8. The zero-order valence-corrected chi connectivity index (χ0v) is 31.8. The molecule has 7 nitrogen and oxygen atoms in total.